The van der Waals surface area contributed by atoms with E-state index in [9.17, 15) is 13.5 Å². The number of benzene rings is 1. The molecule has 1 aromatic carbocycles. The van der Waals surface area contributed by atoms with Crippen LogP contribution in [0.5, 0.6) is 0 Å². The van der Waals surface area contributed by atoms with Gasteiger partial charge in [-0.3, -0.25) is 0 Å². The maximum Gasteiger partial charge on any atom is 0.214 e. The smallest absolute Gasteiger partial charge is 0.214 e. The van der Waals surface area contributed by atoms with Crippen molar-refractivity contribution in [3.8, 4) is 0 Å². The highest BCUT2D eigenvalue weighted by Crippen LogP contribution is 2.33. The molecule has 0 aromatic heterocycles. The Bertz CT molecular complexity index is 635. The van der Waals surface area contributed by atoms with E-state index in [1.165, 1.54) is 19.3 Å². The minimum absolute atomic E-state index is 0.101. The predicted octanol–water partition coefficient (Wildman–Crippen LogP) is 3.61. The van der Waals surface area contributed by atoms with Crippen LogP contribution in [0, 0.1) is 11.8 Å². The van der Waals surface area contributed by atoms with Crippen LogP contribution in [-0.2, 0) is 10.0 Å². The lowest BCUT2D eigenvalue weighted by Crippen LogP contribution is -2.41. The van der Waals surface area contributed by atoms with E-state index in [2.05, 4.69) is 0 Å². The first-order valence-corrected chi connectivity index (χ1v) is 10.9. The number of piperidine rings is 1. The molecule has 6 heteroatoms. The molecule has 1 atom stereocenters. The van der Waals surface area contributed by atoms with Crippen molar-refractivity contribution in [1.82, 2.24) is 4.31 Å². The van der Waals surface area contributed by atoms with E-state index < -0.39 is 16.1 Å². The summed E-state index contributed by atoms with van der Waals surface area (Å²) >= 11 is 5.88. The second-order valence-corrected chi connectivity index (χ2v) is 9.66. The summed E-state index contributed by atoms with van der Waals surface area (Å²) in [5.74, 6) is 0.996. The van der Waals surface area contributed by atoms with Gasteiger partial charge in [0.25, 0.3) is 0 Å². The Morgan fingerprint density at radius 1 is 1.12 bits per heavy atom. The second-order valence-electron chi connectivity index (χ2n) is 7.13. The van der Waals surface area contributed by atoms with Crippen LogP contribution in [0.25, 0.3) is 0 Å². The summed E-state index contributed by atoms with van der Waals surface area (Å²) in [6.07, 6.45) is 5.27. The van der Waals surface area contributed by atoms with E-state index in [1.807, 2.05) is 12.1 Å². The minimum atomic E-state index is -3.14. The van der Waals surface area contributed by atoms with Gasteiger partial charge in [-0.2, -0.15) is 0 Å². The Balaban J connectivity index is 1.51. The molecule has 3 rings (SSSR count). The van der Waals surface area contributed by atoms with Gasteiger partial charge in [-0.15, -0.1) is 0 Å². The van der Waals surface area contributed by atoms with Crippen molar-refractivity contribution in [1.29, 1.82) is 0 Å². The van der Waals surface area contributed by atoms with Gasteiger partial charge in [-0.05, 0) is 48.8 Å². The Morgan fingerprint density at radius 2 is 1.75 bits per heavy atom. The van der Waals surface area contributed by atoms with Gasteiger partial charge < -0.3 is 5.11 Å². The third-order valence-corrected chi connectivity index (χ3v) is 7.71. The largest absolute Gasteiger partial charge is 0.388 e. The molecular weight excluding hydrogens is 346 g/mol. The van der Waals surface area contributed by atoms with Crippen LogP contribution < -0.4 is 0 Å². The summed E-state index contributed by atoms with van der Waals surface area (Å²) < 4.78 is 26.5. The van der Waals surface area contributed by atoms with Crippen molar-refractivity contribution < 1.29 is 13.5 Å². The highest BCUT2D eigenvalue weighted by molar-refractivity contribution is 7.89. The van der Waals surface area contributed by atoms with Crippen LogP contribution >= 0.6 is 11.6 Å². The van der Waals surface area contributed by atoms with Gasteiger partial charge in [0.2, 0.25) is 10.0 Å². The van der Waals surface area contributed by atoms with Crippen molar-refractivity contribution >= 4 is 21.6 Å². The van der Waals surface area contributed by atoms with Crippen molar-refractivity contribution in [3.63, 3.8) is 0 Å². The zero-order valence-electron chi connectivity index (χ0n) is 13.9. The molecule has 0 amide bonds. The van der Waals surface area contributed by atoms with Gasteiger partial charge in [0, 0.05) is 18.1 Å². The third kappa shape index (κ3) is 4.31. The molecule has 1 heterocycles. The molecule has 2 aliphatic rings. The number of sulfonamides is 1. The molecule has 0 radical (unpaired) electrons. The van der Waals surface area contributed by atoms with E-state index in [1.54, 1.807) is 16.4 Å². The zero-order valence-corrected chi connectivity index (χ0v) is 15.5. The number of rotatable bonds is 6. The molecule has 1 unspecified atom stereocenters. The SMILES string of the molecule is O=S(=O)(CCC1CCC1)N1CCC(C(O)c2ccc(Cl)cc2)CC1. The van der Waals surface area contributed by atoms with Crippen molar-refractivity contribution in [2.24, 2.45) is 11.8 Å². The lowest BCUT2D eigenvalue weighted by atomic mass is 9.84. The predicted molar refractivity (Wildman–Crippen MR) is 96.5 cm³/mol. The maximum atomic E-state index is 12.5. The van der Waals surface area contributed by atoms with Gasteiger partial charge >= 0.3 is 0 Å². The highest BCUT2D eigenvalue weighted by Gasteiger charge is 2.32. The summed E-state index contributed by atoms with van der Waals surface area (Å²) in [5.41, 5.74) is 0.852. The molecule has 1 aromatic rings. The molecule has 1 aliphatic heterocycles. The normalized spacial score (nSPS) is 22.2. The van der Waals surface area contributed by atoms with Gasteiger partial charge in [0.15, 0.2) is 0 Å². The molecule has 1 saturated heterocycles. The average Bonchev–Trinajstić information content (AvgIpc) is 2.53. The van der Waals surface area contributed by atoms with Crippen LogP contribution in [0.2, 0.25) is 5.02 Å². The van der Waals surface area contributed by atoms with Crippen LogP contribution in [0.1, 0.15) is 50.2 Å². The second kappa shape index (κ2) is 7.73. The summed E-state index contributed by atoms with van der Waals surface area (Å²) in [4.78, 5) is 0. The summed E-state index contributed by atoms with van der Waals surface area (Å²) in [7, 11) is -3.14. The Morgan fingerprint density at radius 3 is 2.29 bits per heavy atom. The minimum Gasteiger partial charge on any atom is -0.388 e. The molecule has 1 N–H and O–H groups in total. The first-order chi connectivity index (χ1) is 11.5. The van der Waals surface area contributed by atoms with Crippen molar-refractivity contribution in [3.05, 3.63) is 34.9 Å². The lowest BCUT2D eigenvalue weighted by molar-refractivity contribution is 0.0760. The van der Waals surface area contributed by atoms with Crippen LogP contribution in [0.4, 0.5) is 0 Å². The van der Waals surface area contributed by atoms with E-state index in [-0.39, 0.29) is 11.7 Å². The molecular formula is C18H26ClNO3S. The van der Waals surface area contributed by atoms with Crippen LogP contribution in [-0.4, -0.2) is 36.7 Å². The number of aliphatic hydroxyl groups is 1. The van der Waals surface area contributed by atoms with E-state index in [4.69, 9.17) is 11.6 Å². The fraction of sp³-hybridized carbons (Fsp3) is 0.667. The molecule has 0 spiro atoms. The molecule has 0 bridgehead atoms. The first-order valence-electron chi connectivity index (χ1n) is 8.87. The fourth-order valence-electron chi connectivity index (χ4n) is 3.63. The van der Waals surface area contributed by atoms with Crippen LogP contribution in [0.3, 0.4) is 0 Å². The summed E-state index contributed by atoms with van der Waals surface area (Å²) in [6, 6.07) is 7.24. The fourth-order valence-corrected chi connectivity index (χ4v) is 5.41. The summed E-state index contributed by atoms with van der Waals surface area (Å²) in [6.45, 7) is 1.03. The zero-order chi connectivity index (χ0) is 17.2. The van der Waals surface area contributed by atoms with E-state index >= 15 is 0 Å². The van der Waals surface area contributed by atoms with Gasteiger partial charge in [-0.1, -0.05) is 43.0 Å². The van der Waals surface area contributed by atoms with E-state index in [0.29, 0.717) is 36.9 Å². The first kappa shape index (κ1) is 18.2. The molecule has 4 nitrogen and oxygen atoms in total. The third-order valence-electron chi connectivity index (χ3n) is 5.56. The topological polar surface area (TPSA) is 57.6 Å². The maximum absolute atomic E-state index is 12.5. The van der Waals surface area contributed by atoms with Gasteiger partial charge in [0.05, 0.1) is 11.9 Å². The molecule has 2 fully saturated rings. The number of nitrogens with zero attached hydrogens (tertiary/aromatic N) is 1. The van der Waals surface area contributed by atoms with Crippen molar-refractivity contribution in [2.45, 2.75) is 44.6 Å². The highest BCUT2D eigenvalue weighted by atomic mass is 35.5. The molecule has 134 valence electrons. The van der Waals surface area contributed by atoms with Gasteiger partial charge in [-0.25, -0.2) is 12.7 Å². The van der Waals surface area contributed by atoms with Crippen molar-refractivity contribution in [2.75, 3.05) is 18.8 Å². The van der Waals surface area contributed by atoms with Crippen LogP contribution in [0.15, 0.2) is 24.3 Å². The average molecular weight is 372 g/mol. The Labute approximate surface area is 149 Å². The molecule has 1 aliphatic carbocycles. The Kier molecular flexibility index (Phi) is 5.85. The number of aliphatic hydroxyl groups excluding tert-OH is 1. The quantitative estimate of drug-likeness (QED) is 0.831. The van der Waals surface area contributed by atoms with Gasteiger partial charge in [0.1, 0.15) is 0 Å². The molecule has 24 heavy (non-hydrogen) atoms. The lowest BCUT2D eigenvalue weighted by Gasteiger charge is -2.34. The number of hydrogen-bond donors (Lipinski definition) is 1. The van der Waals surface area contributed by atoms with E-state index in [0.717, 1.165) is 12.0 Å². The standard InChI is InChI=1S/C18H26ClNO3S/c19-17-6-4-15(5-7-17)18(21)16-8-11-20(12-9-16)24(22,23)13-10-14-2-1-3-14/h4-7,14,16,18,21H,1-3,8-13H2. The number of hydrogen-bond acceptors (Lipinski definition) is 3. The number of halogens is 1. The summed E-state index contributed by atoms with van der Waals surface area (Å²) in [5, 5.41) is 11.2. The monoisotopic (exact) mass is 371 g/mol. The molecule has 1 saturated carbocycles. The Hall–Kier alpha value is -0.620.